The molecule has 0 aliphatic heterocycles. The molecule has 18 heavy (non-hydrogen) atoms. The Bertz CT molecular complexity index is 554. The third-order valence-corrected chi connectivity index (χ3v) is 3.34. The zero-order valence-corrected chi connectivity index (χ0v) is 11.3. The summed E-state index contributed by atoms with van der Waals surface area (Å²) >= 11 is 6.11. The third kappa shape index (κ3) is 2.66. The molecule has 0 amide bonds. The lowest BCUT2D eigenvalue weighted by molar-refractivity contribution is 0.282. The van der Waals surface area contributed by atoms with E-state index in [0.29, 0.717) is 5.02 Å². The number of rotatable bonds is 3. The lowest BCUT2D eigenvalue weighted by atomic mass is 10.1. The molecule has 0 saturated carbocycles. The van der Waals surface area contributed by atoms with E-state index in [-0.39, 0.29) is 6.61 Å². The summed E-state index contributed by atoms with van der Waals surface area (Å²) in [6.45, 7) is 2.03. The first kappa shape index (κ1) is 12.9. The molecule has 2 aromatic rings. The Balaban J connectivity index is 2.34. The van der Waals surface area contributed by atoms with Crippen LogP contribution in [0.1, 0.15) is 11.1 Å². The van der Waals surface area contributed by atoms with E-state index in [0.717, 1.165) is 16.9 Å². The second kappa shape index (κ2) is 5.42. The van der Waals surface area contributed by atoms with Gasteiger partial charge in [0, 0.05) is 23.4 Å². The Hall–Kier alpha value is -1.51. The molecule has 0 atom stereocenters. The number of benzene rings is 2. The van der Waals surface area contributed by atoms with Gasteiger partial charge in [-0.25, -0.2) is 0 Å². The van der Waals surface area contributed by atoms with E-state index in [9.17, 15) is 0 Å². The van der Waals surface area contributed by atoms with Gasteiger partial charge in [-0.3, -0.25) is 0 Å². The maximum absolute atomic E-state index is 9.10. The first-order valence-electron chi connectivity index (χ1n) is 5.81. The minimum absolute atomic E-state index is 0.0345. The summed E-state index contributed by atoms with van der Waals surface area (Å²) in [5, 5.41) is 9.70. The van der Waals surface area contributed by atoms with Gasteiger partial charge in [0.25, 0.3) is 0 Å². The number of aryl methyl sites for hydroxylation is 1. The summed E-state index contributed by atoms with van der Waals surface area (Å²) < 4.78 is 0. The topological polar surface area (TPSA) is 23.5 Å². The van der Waals surface area contributed by atoms with E-state index in [4.69, 9.17) is 16.7 Å². The van der Waals surface area contributed by atoms with Gasteiger partial charge in [-0.05, 0) is 42.3 Å². The average Bonchev–Trinajstić information content (AvgIpc) is 2.37. The molecule has 0 bridgehead atoms. The molecule has 3 heteroatoms. The van der Waals surface area contributed by atoms with Crippen molar-refractivity contribution >= 4 is 23.0 Å². The highest BCUT2D eigenvalue weighted by Crippen LogP contribution is 2.28. The minimum Gasteiger partial charge on any atom is -0.392 e. The summed E-state index contributed by atoms with van der Waals surface area (Å²) in [6.07, 6.45) is 0. The van der Waals surface area contributed by atoms with E-state index in [2.05, 4.69) is 30.0 Å². The summed E-state index contributed by atoms with van der Waals surface area (Å²) in [7, 11) is 2.00. The van der Waals surface area contributed by atoms with Crippen LogP contribution in [-0.2, 0) is 6.61 Å². The van der Waals surface area contributed by atoms with Crippen LogP contribution in [0, 0.1) is 6.92 Å². The number of nitrogens with zero attached hydrogens (tertiary/aromatic N) is 1. The maximum Gasteiger partial charge on any atom is 0.0696 e. The molecule has 0 aliphatic carbocycles. The van der Waals surface area contributed by atoms with Crippen molar-refractivity contribution in [1.29, 1.82) is 0 Å². The van der Waals surface area contributed by atoms with Crippen LogP contribution < -0.4 is 4.90 Å². The first-order chi connectivity index (χ1) is 8.61. The van der Waals surface area contributed by atoms with Gasteiger partial charge < -0.3 is 10.0 Å². The quantitative estimate of drug-likeness (QED) is 0.906. The summed E-state index contributed by atoms with van der Waals surface area (Å²) in [4.78, 5) is 2.07. The number of hydrogen-bond acceptors (Lipinski definition) is 2. The number of halogens is 1. The molecule has 0 aromatic heterocycles. The van der Waals surface area contributed by atoms with Gasteiger partial charge in [0.05, 0.1) is 6.61 Å². The van der Waals surface area contributed by atoms with Crippen LogP contribution in [0.5, 0.6) is 0 Å². The molecule has 0 unspecified atom stereocenters. The molecule has 0 radical (unpaired) electrons. The van der Waals surface area contributed by atoms with Crippen molar-refractivity contribution in [3.05, 3.63) is 58.6 Å². The summed E-state index contributed by atoms with van der Waals surface area (Å²) in [6, 6.07) is 14.0. The van der Waals surface area contributed by atoms with Crippen LogP contribution in [0.3, 0.4) is 0 Å². The maximum atomic E-state index is 9.10. The molecule has 0 saturated heterocycles. The largest absolute Gasteiger partial charge is 0.392 e. The molecular weight excluding hydrogens is 246 g/mol. The van der Waals surface area contributed by atoms with Crippen molar-refractivity contribution < 1.29 is 5.11 Å². The number of aliphatic hydroxyl groups is 1. The van der Waals surface area contributed by atoms with Gasteiger partial charge in [-0.15, -0.1) is 0 Å². The zero-order valence-electron chi connectivity index (χ0n) is 10.5. The minimum atomic E-state index is -0.0345. The van der Waals surface area contributed by atoms with Gasteiger partial charge in [-0.1, -0.05) is 29.8 Å². The Morgan fingerprint density at radius 1 is 1.11 bits per heavy atom. The molecule has 1 N–H and O–H groups in total. The van der Waals surface area contributed by atoms with Crippen molar-refractivity contribution in [2.75, 3.05) is 11.9 Å². The smallest absolute Gasteiger partial charge is 0.0696 e. The van der Waals surface area contributed by atoms with Gasteiger partial charge >= 0.3 is 0 Å². The van der Waals surface area contributed by atoms with Gasteiger partial charge in [0.1, 0.15) is 0 Å². The van der Waals surface area contributed by atoms with Crippen molar-refractivity contribution in [3.8, 4) is 0 Å². The van der Waals surface area contributed by atoms with Crippen LogP contribution in [0.2, 0.25) is 5.02 Å². The normalized spacial score (nSPS) is 10.4. The standard InChI is InChI=1S/C15H16ClNO/c1-11-4-3-5-13(8-11)17(2)14-7-6-12(10-18)15(16)9-14/h3-9,18H,10H2,1-2H3. The predicted octanol–water partition coefficient (Wildman–Crippen LogP) is 3.91. The van der Waals surface area contributed by atoms with Crippen LogP contribution in [0.15, 0.2) is 42.5 Å². The molecule has 2 nitrogen and oxygen atoms in total. The van der Waals surface area contributed by atoms with Crippen molar-refractivity contribution in [2.45, 2.75) is 13.5 Å². The SMILES string of the molecule is Cc1cccc(N(C)c2ccc(CO)c(Cl)c2)c1. The van der Waals surface area contributed by atoms with Crippen LogP contribution in [0.4, 0.5) is 11.4 Å². The molecule has 0 fully saturated rings. The molecule has 0 spiro atoms. The monoisotopic (exact) mass is 261 g/mol. The summed E-state index contributed by atoms with van der Waals surface area (Å²) in [5.74, 6) is 0. The predicted molar refractivity (Wildman–Crippen MR) is 76.6 cm³/mol. The zero-order chi connectivity index (χ0) is 13.1. The summed E-state index contributed by atoms with van der Waals surface area (Å²) in [5.41, 5.74) is 4.08. The number of aliphatic hydroxyl groups excluding tert-OH is 1. The Kier molecular flexibility index (Phi) is 3.90. The van der Waals surface area contributed by atoms with E-state index in [1.807, 2.05) is 31.3 Å². The van der Waals surface area contributed by atoms with E-state index >= 15 is 0 Å². The van der Waals surface area contributed by atoms with E-state index in [1.165, 1.54) is 5.56 Å². The van der Waals surface area contributed by atoms with Crippen molar-refractivity contribution in [3.63, 3.8) is 0 Å². The fraction of sp³-hybridized carbons (Fsp3) is 0.200. The molecule has 2 rings (SSSR count). The van der Waals surface area contributed by atoms with Gasteiger partial charge in [0.15, 0.2) is 0 Å². The number of hydrogen-bond donors (Lipinski definition) is 1. The van der Waals surface area contributed by atoms with E-state index < -0.39 is 0 Å². The lowest BCUT2D eigenvalue weighted by Gasteiger charge is -2.20. The fourth-order valence-electron chi connectivity index (χ4n) is 1.86. The van der Waals surface area contributed by atoms with E-state index in [1.54, 1.807) is 0 Å². The van der Waals surface area contributed by atoms with Crippen molar-refractivity contribution in [2.24, 2.45) is 0 Å². The molecule has 0 aliphatic rings. The Morgan fingerprint density at radius 2 is 1.83 bits per heavy atom. The third-order valence-electron chi connectivity index (χ3n) is 2.98. The van der Waals surface area contributed by atoms with Crippen LogP contribution >= 0.6 is 11.6 Å². The second-order valence-electron chi connectivity index (χ2n) is 4.33. The molecular formula is C15H16ClNO. The highest BCUT2D eigenvalue weighted by Gasteiger charge is 2.06. The fourth-order valence-corrected chi connectivity index (χ4v) is 2.09. The highest BCUT2D eigenvalue weighted by molar-refractivity contribution is 6.31. The lowest BCUT2D eigenvalue weighted by Crippen LogP contribution is -2.09. The number of anilines is 2. The Labute approximate surface area is 112 Å². The van der Waals surface area contributed by atoms with Crippen LogP contribution in [-0.4, -0.2) is 12.2 Å². The second-order valence-corrected chi connectivity index (χ2v) is 4.74. The molecule has 2 aromatic carbocycles. The highest BCUT2D eigenvalue weighted by atomic mass is 35.5. The van der Waals surface area contributed by atoms with Gasteiger partial charge in [0.2, 0.25) is 0 Å². The first-order valence-corrected chi connectivity index (χ1v) is 6.19. The average molecular weight is 262 g/mol. The molecule has 0 heterocycles. The van der Waals surface area contributed by atoms with Crippen LogP contribution in [0.25, 0.3) is 0 Å². The Morgan fingerprint density at radius 3 is 2.44 bits per heavy atom. The molecule has 94 valence electrons. The van der Waals surface area contributed by atoms with Crippen molar-refractivity contribution in [1.82, 2.24) is 0 Å². The van der Waals surface area contributed by atoms with Gasteiger partial charge in [-0.2, -0.15) is 0 Å².